The highest BCUT2D eigenvalue weighted by Crippen LogP contribution is 2.34. The molecular weight excluding hydrogens is 460 g/mol. The van der Waals surface area contributed by atoms with Crippen LogP contribution < -0.4 is 5.69 Å². The summed E-state index contributed by atoms with van der Waals surface area (Å²) in [6, 6.07) is 3.31. The van der Waals surface area contributed by atoms with Crippen LogP contribution in [0.25, 0.3) is 11.0 Å². The van der Waals surface area contributed by atoms with E-state index in [-0.39, 0.29) is 6.04 Å². The monoisotopic (exact) mass is 502 g/mol. The lowest BCUT2D eigenvalue weighted by atomic mass is 9.82. The number of nitrogens with zero attached hydrogens (tertiary/aromatic N) is 4. The standard InChI is InChI=1S/C27H42N4O5/c1-13-29(23(33)35-26(7,8)9)28-16-18-14-15-19-21(20(18)25(4,5)6)30(17(2)3)22(32)31(19)24(34)36-27(10,11)12/h14-17H,13H2,1-12H3/b28-16+. The number of carbonyl (C=O) groups excluding carboxylic acids is 2. The Morgan fingerprint density at radius 1 is 1.00 bits per heavy atom. The number of hydrogen-bond donors (Lipinski definition) is 0. The van der Waals surface area contributed by atoms with E-state index in [0.29, 0.717) is 17.6 Å². The van der Waals surface area contributed by atoms with Crippen molar-refractivity contribution in [1.29, 1.82) is 0 Å². The summed E-state index contributed by atoms with van der Waals surface area (Å²) in [5.74, 6) is 0. The molecular formula is C27H42N4O5. The highest BCUT2D eigenvalue weighted by molar-refractivity contribution is 5.96. The largest absolute Gasteiger partial charge is 0.443 e. The van der Waals surface area contributed by atoms with Gasteiger partial charge in [-0.25, -0.2) is 14.4 Å². The lowest BCUT2D eigenvalue weighted by molar-refractivity contribution is 0.0266. The molecule has 0 atom stereocenters. The van der Waals surface area contributed by atoms with Gasteiger partial charge in [-0.2, -0.15) is 14.7 Å². The van der Waals surface area contributed by atoms with Gasteiger partial charge in [0.25, 0.3) is 0 Å². The van der Waals surface area contributed by atoms with E-state index in [0.717, 1.165) is 15.7 Å². The second-order valence-corrected chi connectivity index (χ2v) is 12.2. The Morgan fingerprint density at radius 3 is 2.00 bits per heavy atom. The zero-order chi connectivity index (χ0) is 27.8. The van der Waals surface area contributed by atoms with Gasteiger partial charge in [0.2, 0.25) is 0 Å². The van der Waals surface area contributed by atoms with Crippen LogP contribution >= 0.6 is 0 Å². The van der Waals surface area contributed by atoms with Crippen LogP contribution in [0.5, 0.6) is 0 Å². The summed E-state index contributed by atoms with van der Waals surface area (Å²) in [4.78, 5) is 39.1. The van der Waals surface area contributed by atoms with Crippen LogP contribution in [0.4, 0.5) is 9.59 Å². The normalized spacial score (nSPS) is 13.0. The van der Waals surface area contributed by atoms with Gasteiger partial charge in [0.15, 0.2) is 0 Å². The molecule has 0 saturated heterocycles. The molecule has 0 saturated carbocycles. The SMILES string of the molecule is CCN(/N=C/c1ccc2c(c1C(C)(C)C)n(C(C)C)c(=O)n2C(=O)OC(C)(C)C)C(=O)OC(C)(C)C. The fraction of sp³-hybridized carbons (Fsp3) is 0.630. The van der Waals surface area contributed by atoms with Crippen LogP contribution in [0.3, 0.4) is 0 Å². The fourth-order valence-electron chi connectivity index (χ4n) is 3.89. The zero-order valence-electron chi connectivity index (χ0n) is 23.8. The van der Waals surface area contributed by atoms with Crippen molar-refractivity contribution in [3.8, 4) is 0 Å². The molecule has 1 aromatic heterocycles. The first-order valence-corrected chi connectivity index (χ1v) is 12.4. The minimum Gasteiger partial charge on any atom is -0.443 e. The van der Waals surface area contributed by atoms with Crippen molar-refractivity contribution in [1.82, 2.24) is 14.1 Å². The van der Waals surface area contributed by atoms with Crippen LogP contribution in [0.1, 0.15) is 100 Å². The van der Waals surface area contributed by atoms with Crippen LogP contribution in [-0.4, -0.2) is 50.3 Å². The Morgan fingerprint density at radius 2 is 1.56 bits per heavy atom. The van der Waals surface area contributed by atoms with Crippen LogP contribution in [0, 0.1) is 0 Å². The summed E-state index contributed by atoms with van der Waals surface area (Å²) in [5.41, 5.74) is 0.373. The second-order valence-electron chi connectivity index (χ2n) is 12.2. The van der Waals surface area contributed by atoms with E-state index in [1.54, 1.807) is 64.5 Å². The van der Waals surface area contributed by atoms with E-state index >= 15 is 0 Å². The van der Waals surface area contributed by atoms with Gasteiger partial charge in [-0.15, -0.1) is 0 Å². The summed E-state index contributed by atoms with van der Waals surface area (Å²) < 4.78 is 13.7. The van der Waals surface area contributed by atoms with Crippen LogP contribution in [0.2, 0.25) is 0 Å². The highest BCUT2D eigenvalue weighted by Gasteiger charge is 2.30. The van der Waals surface area contributed by atoms with Crippen LogP contribution in [0.15, 0.2) is 22.0 Å². The Hall–Kier alpha value is -3.10. The Kier molecular flexibility index (Phi) is 8.18. The van der Waals surface area contributed by atoms with E-state index in [9.17, 15) is 14.4 Å². The highest BCUT2D eigenvalue weighted by atomic mass is 16.6. The molecule has 1 amide bonds. The molecule has 2 rings (SSSR count). The molecule has 1 aromatic carbocycles. The van der Waals surface area contributed by atoms with Gasteiger partial charge >= 0.3 is 17.9 Å². The van der Waals surface area contributed by atoms with E-state index in [1.807, 2.05) is 41.5 Å². The zero-order valence-corrected chi connectivity index (χ0v) is 23.8. The Bertz CT molecular complexity index is 1210. The summed E-state index contributed by atoms with van der Waals surface area (Å²) in [6.45, 7) is 22.7. The van der Waals surface area contributed by atoms with E-state index < -0.39 is 34.5 Å². The van der Waals surface area contributed by atoms with Crippen molar-refractivity contribution in [3.05, 3.63) is 33.7 Å². The molecule has 0 N–H and O–H groups in total. The number of hydrogen-bond acceptors (Lipinski definition) is 6. The first-order chi connectivity index (χ1) is 16.3. The maximum Gasteiger partial charge on any atom is 0.430 e. The predicted octanol–water partition coefficient (Wildman–Crippen LogP) is 6.06. The molecule has 0 fully saturated rings. The molecule has 9 heteroatoms. The topological polar surface area (TPSA) is 95.1 Å². The van der Waals surface area contributed by atoms with E-state index in [1.165, 1.54) is 5.01 Å². The molecule has 0 aliphatic carbocycles. The number of carbonyl (C=O) groups is 2. The maximum absolute atomic E-state index is 13.5. The number of ether oxygens (including phenoxy) is 2. The van der Waals surface area contributed by atoms with Gasteiger partial charge in [0, 0.05) is 18.2 Å². The number of fused-ring (bicyclic) bond motifs is 1. The van der Waals surface area contributed by atoms with Crippen molar-refractivity contribution in [2.45, 2.75) is 106 Å². The number of rotatable bonds is 4. The third-order valence-corrected chi connectivity index (χ3v) is 5.15. The molecule has 0 aliphatic rings. The van der Waals surface area contributed by atoms with Gasteiger partial charge in [-0.1, -0.05) is 26.8 Å². The maximum atomic E-state index is 13.5. The quantitative estimate of drug-likeness (QED) is 0.374. The van der Waals surface area contributed by atoms with Crippen molar-refractivity contribution in [2.75, 3.05) is 6.54 Å². The Labute approximate surface area is 214 Å². The van der Waals surface area contributed by atoms with Crippen molar-refractivity contribution >= 4 is 29.4 Å². The molecule has 0 bridgehead atoms. The lowest BCUT2D eigenvalue weighted by Crippen LogP contribution is -2.34. The smallest absolute Gasteiger partial charge is 0.430 e. The molecule has 1 heterocycles. The number of hydrazone groups is 1. The summed E-state index contributed by atoms with van der Waals surface area (Å²) >= 11 is 0. The molecule has 2 aromatic rings. The minimum atomic E-state index is -0.756. The number of imidazole rings is 1. The summed E-state index contributed by atoms with van der Waals surface area (Å²) in [5, 5.41) is 5.67. The van der Waals surface area contributed by atoms with E-state index in [2.05, 4.69) is 5.10 Å². The lowest BCUT2D eigenvalue weighted by Gasteiger charge is -2.25. The third kappa shape index (κ3) is 6.56. The number of aromatic nitrogens is 2. The Balaban J connectivity index is 2.81. The second kappa shape index (κ2) is 10.1. The fourth-order valence-corrected chi connectivity index (χ4v) is 3.89. The van der Waals surface area contributed by atoms with Gasteiger partial charge in [-0.05, 0) is 79.4 Å². The minimum absolute atomic E-state index is 0.217. The predicted molar refractivity (Wildman–Crippen MR) is 143 cm³/mol. The number of amides is 1. The van der Waals surface area contributed by atoms with Crippen LogP contribution in [-0.2, 0) is 14.9 Å². The van der Waals surface area contributed by atoms with Crippen molar-refractivity contribution < 1.29 is 19.1 Å². The first kappa shape index (κ1) is 29.1. The molecule has 36 heavy (non-hydrogen) atoms. The summed E-state index contributed by atoms with van der Waals surface area (Å²) in [6.07, 6.45) is 0.336. The molecule has 200 valence electrons. The first-order valence-electron chi connectivity index (χ1n) is 12.4. The molecule has 0 aliphatic heterocycles. The van der Waals surface area contributed by atoms with Gasteiger partial charge in [-0.3, -0.25) is 4.57 Å². The van der Waals surface area contributed by atoms with E-state index in [4.69, 9.17) is 9.47 Å². The molecule has 0 spiro atoms. The molecule has 0 unspecified atom stereocenters. The van der Waals surface area contributed by atoms with Gasteiger partial charge < -0.3 is 9.47 Å². The summed E-state index contributed by atoms with van der Waals surface area (Å²) in [7, 11) is 0. The van der Waals surface area contributed by atoms with Gasteiger partial charge in [0.1, 0.15) is 11.2 Å². The van der Waals surface area contributed by atoms with Crippen molar-refractivity contribution in [3.63, 3.8) is 0 Å². The van der Waals surface area contributed by atoms with Crippen molar-refractivity contribution in [2.24, 2.45) is 5.10 Å². The van der Waals surface area contributed by atoms with Gasteiger partial charge in [0.05, 0.1) is 17.2 Å². The third-order valence-electron chi connectivity index (χ3n) is 5.15. The average Bonchev–Trinajstić information content (AvgIpc) is 2.96. The molecule has 9 nitrogen and oxygen atoms in total. The molecule has 0 radical (unpaired) electrons. The average molecular weight is 503 g/mol. The number of benzene rings is 1.